The van der Waals surface area contributed by atoms with Gasteiger partial charge < -0.3 is 19.8 Å². The van der Waals surface area contributed by atoms with E-state index in [2.05, 4.69) is 5.16 Å². The first kappa shape index (κ1) is 21.8. The Labute approximate surface area is 167 Å². The van der Waals surface area contributed by atoms with Crippen LogP contribution in [0.5, 0.6) is 11.5 Å². The molecule has 0 amide bonds. The van der Waals surface area contributed by atoms with Crippen LogP contribution in [0.3, 0.4) is 0 Å². The smallest absolute Gasteiger partial charge is 0.217 e. The van der Waals surface area contributed by atoms with Crippen LogP contribution in [0.15, 0.2) is 53.7 Å². The first-order valence-corrected chi connectivity index (χ1v) is 9.31. The van der Waals surface area contributed by atoms with E-state index in [4.69, 9.17) is 9.47 Å². The second kappa shape index (κ2) is 7.84. The molecule has 0 bridgehead atoms. The lowest BCUT2D eigenvalue weighted by Crippen LogP contribution is -2.57. The molecule has 0 radical (unpaired) electrons. The van der Waals surface area contributed by atoms with Gasteiger partial charge in [0.05, 0.1) is 7.11 Å². The van der Waals surface area contributed by atoms with Gasteiger partial charge in [0, 0.05) is 28.0 Å². The van der Waals surface area contributed by atoms with Crippen LogP contribution in [-0.2, 0) is 0 Å². The van der Waals surface area contributed by atoms with Crippen molar-refractivity contribution in [3.63, 3.8) is 0 Å². The summed E-state index contributed by atoms with van der Waals surface area (Å²) in [5, 5.41) is 24.6. The van der Waals surface area contributed by atoms with E-state index in [9.17, 15) is 10.3 Å². The molecule has 2 aromatic rings. The summed E-state index contributed by atoms with van der Waals surface area (Å²) in [4.78, 5) is 0. The average molecular weight is 386 g/mol. The van der Waals surface area contributed by atoms with Crippen LogP contribution in [0.4, 0.5) is 0 Å². The van der Waals surface area contributed by atoms with Gasteiger partial charge in [0.15, 0.2) is 0 Å². The molecular weight excluding hydrogens is 354 g/mol. The fourth-order valence-electron chi connectivity index (χ4n) is 3.37. The number of aliphatic hydroxyl groups is 1. The van der Waals surface area contributed by atoms with Crippen LogP contribution >= 0.6 is 0 Å². The fourth-order valence-corrected chi connectivity index (χ4v) is 3.37. The molecule has 2 aromatic carbocycles. The normalized spacial score (nSPS) is 13.4. The van der Waals surface area contributed by atoms with Crippen molar-refractivity contribution in [2.75, 3.05) is 7.11 Å². The number of ether oxygens (including phenoxy) is 2. The van der Waals surface area contributed by atoms with Crippen molar-refractivity contribution in [1.29, 1.82) is 0 Å². The van der Waals surface area contributed by atoms with Crippen molar-refractivity contribution in [1.82, 2.24) is 0 Å². The molecule has 0 aliphatic rings. The van der Waals surface area contributed by atoms with Crippen molar-refractivity contribution in [2.45, 2.75) is 47.3 Å². The Bertz CT molecular complexity index is 816. The fraction of sp³-hybridized carbons (Fsp3) is 0.435. The molecule has 0 aliphatic carbocycles. The Kier molecular flexibility index (Phi) is 6.09. The predicted molar refractivity (Wildman–Crippen MR) is 111 cm³/mol. The molecule has 0 saturated carbocycles. The maximum absolute atomic E-state index is 11.5. The number of nitrogens with zero attached hydrogens (tertiary/aromatic N) is 1. The van der Waals surface area contributed by atoms with Gasteiger partial charge in [-0.3, -0.25) is 0 Å². The van der Waals surface area contributed by atoms with Gasteiger partial charge in [-0.05, 0) is 12.1 Å². The lowest BCUT2D eigenvalue weighted by atomic mass is 9.70. The molecule has 0 atom stereocenters. The minimum Gasteiger partial charge on any atom is -0.497 e. The summed E-state index contributed by atoms with van der Waals surface area (Å²) >= 11 is 0. The first-order valence-electron chi connectivity index (χ1n) is 9.31. The Morgan fingerprint density at radius 2 is 1.36 bits per heavy atom. The van der Waals surface area contributed by atoms with E-state index in [-0.39, 0.29) is 0 Å². The lowest BCUT2D eigenvalue weighted by Gasteiger charge is -2.48. The van der Waals surface area contributed by atoms with Crippen molar-refractivity contribution in [2.24, 2.45) is 16.0 Å². The number of hydrogen-bond acceptors (Lipinski definition) is 5. The average Bonchev–Trinajstić information content (AvgIpc) is 2.61. The summed E-state index contributed by atoms with van der Waals surface area (Å²) in [5.41, 5.74) is 0.655. The Morgan fingerprint density at radius 3 is 1.82 bits per heavy atom. The van der Waals surface area contributed by atoms with Crippen LogP contribution in [0, 0.1) is 10.8 Å². The highest BCUT2D eigenvalue weighted by Crippen LogP contribution is 2.45. The van der Waals surface area contributed by atoms with Gasteiger partial charge in [-0.2, -0.15) is 0 Å². The molecule has 0 unspecified atom stereocenters. The maximum atomic E-state index is 11.5. The van der Waals surface area contributed by atoms with Crippen molar-refractivity contribution in [3.05, 3.63) is 59.7 Å². The minimum atomic E-state index is -1.45. The molecule has 5 nitrogen and oxygen atoms in total. The van der Waals surface area contributed by atoms with E-state index in [1.165, 1.54) is 0 Å². The second-order valence-corrected chi connectivity index (χ2v) is 8.96. The SMILES string of the molecule is COc1cc(OC(O)(C(C)(C)C)C(C)(C)C)cc(/C(=N/O)c2ccccc2)c1. The van der Waals surface area contributed by atoms with Gasteiger partial charge in [-0.25, -0.2) is 0 Å². The van der Waals surface area contributed by atoms with Gasteiger partial charge in [0.2, 0.25) is 5.79 Å². The van der Waals surface area contributed by atoms with Crippen molar-refractivity contribution in [3.8, 4) is 11.5 Å². The summed E-state index contributed by atoms with van der Waals surface area (Å²) in [6.45, 7) is 11.6. The first-order chi connectivity index (χ1) is 12.9. The summed E-state index contributed by atoms with van der Waals surface area (Å²) in [5.74, 6) is -0.485. The molecule has 0 aliphatic heterocycles. The summed E-state index contributed by atoms with van der Waals surface area (Å²) in [7, 11) is 1.56. The van der Waals surface area contributed by atoms with E-state index in [0.717, 1.165) is 5.56 Å². The second-order valence-electron chi connectivity index (χ2n) is 8.96. The zero-order valence-corrected chi connectivity index (χ0v) is 17.8. The quantitative estimate of drug-likeness (QED) is 0.326. The van der Waals surface area contributed by atoms with Gasteiger partial charge in [-0.15, -0.1) is 0 Å². The zero-order chi connectivity index (χ0) is 21.2. The molecule has 0 aromatic heterocycles. The highest BCUT2D eigenvalue weighted by atomic mass is 16.6. The molecule has 0 spiro atoms. The number of methoxy groups -OCH3 is 1. The zero-order valence-electron chi connectivity index (χ0n) is 17.8. The number of rotatable bonds is 5. The van der Waals surface area contributed by atoms with Gasteiger partial charge in [0.25, 0.3) is 0 Å². The number of hydrogen-bond donors (Lipinski definition) is 2. The molecular formula is C23H31NO4. The molecule has 28 heavy (non-hydrogen) atoms. The Hall–Kier alpha value is -2.53. The summed E-state index contributed by atoms with van der Waals surface area (Å²) in [6, 6.07) is 14.6. The van der Waals surface area contributed by atoms with Crippen LogP contribution in [-0.4, -0.2) is 28.9 Å². The number of benzene rings is 2. The Balaban J connectivity index is 2.57. The molecule has 2 N–H and O–H groups in total. The third-order valence-electron chi connectivity index (χ3n) is 4.84. The monoisotopic (exact) mass is 385 g/mol. The molecule has 152 valence electrons. The highest BCUT2D eigenvalue weighted by Gasteiger charge is 2.52. The summed E-state index contributed by atoms with van der Waals surface area (Å²) in [6.07, 6.45) is 0. The molecule has 2 rings (SSSR count). The number of oxime groups is 1. The molecule has 0 fully saturated rings. The maximum Gasteiger partial charge on any atom is 0.217 e. The van der Waals surface area contributed by atoms with E-state index in [1.807, 2.05) is 71.9 Å². The van der Waals surface area contributed by atoms with Crippen molar-refractivity contribution >= 4 is 5.71 Å². The van der Waals surface area contributed by atoms with Gasteiger partial charge in [0.1, 0.15) is 17.2 Å². The van der Waals surface area contributed by atoms with Gasteiger partial charge >= 0.3 is 0 Å². The Morgan fingerprint density at radius 1 is 0.821 bits per heavy atom. The van der Waals surface area contributed by atoms with Crippen LogP contribution in [0.2, 0.25) is 0 Å². The van der Waals surface area contributed by atoms with Crippen molar-refractivity contribution < 1.29 is 19.8 Å². The van der Waals surface area contributed by atoms with E-state index < -0.39 is 16.6 Å². The van der Waals surface area contributed by atoms with Crippen LogP contribution in [0.25, 0.3) is 0 Å². The van der Waals surface area contributed by atoms with Gasteiger partial charge in [-0.1, -0.05) is 77.0 Å². The lowest BCUT2D eigenvalue weighted by molar-refractivity contribution is -0.266. The van der Waals surface area contributed by atoms with E-state index >= 15 is 0 Å². The molecule has 5 heteroatoms. The molecule has 0 heterocycles. The van der Waals surface area contributed by atoms with Crippen LogP contribution < -0.4 is 9.47 Å². The topological polar surface area (TPSA) is 71.3 Å². The van der Waals surface area contributed by atoms with Crippen LogP contribution in [0.1, 0.15) is 52.7 Å². The van der Waals surface area contributed by atoms with E-state index in [0.29, 0.717) is 22.8 Å². The molecule has 0 saturated heterocycles. The third kappa shape index (κ3) is 4.30. The standard InChI is InChI=1S/C23H31NO4/c1-21(2,3)23(25,22(4,5)6)28-19-14-17(13-18(15-19)27-7)20(24-26)16-11-9-8-10-12-16/h8-15,25-26H,1-7H3/b24-20+. The summed E-state index contributed by atoms with van der Waals surface area (Å²) < 4.78 is 11.6. The largest absolute Gasteiger partial charge is 0.497 e. The highest BCUT2D eigenvalue weighted by molar-refractivity contribution is 6.12. The van der Waals surface area contributed by atoms with E-state index in [1.54, 1.807) is 25.3 Å². The predicted octanol–water partition coefficient (Wildman–Crippen LogP) is 5.08. The minimum absolute atomic E-state index is 0.388. The third-order valence-corrected chi connectivity index (χ3v) is 4.84.